The van der Waals surface area contributed by atoms with Gasteiger partial charge in [-0.3, -0.25) is 0 Å². The smallest absolute Gasteiger partial charge is 0.123 e. The van der Waals surface area contributed by atoms with E-state index < -0.39 is 5.60 Å². The maximum atomic E-state index is 10.2. The van der Waals surface area contributed by atoms with E-state index in [1.807, 2.05) is 26.0 Å². The topological polar surface area (TPSA) is 76.7 Å². The lowest BCUT2D eigenvalue weighted by Gasteiger charge is -2.22. The summed E-state index contributed by atoms with van der Waals surface area (Å²) in [6.07, 6.45) is 0.750. The molecule has 0 saturated carbocycles. The molecule has 5 heteroatoms. The summed E-state index contributed by atoms with van der Waals surface area (Å²) in [5, 5.41) is 13.4. The van der Waals surface area contributed by atoms with Crippen LogP contribution < -0.4 is 15.8 Å². The summed E-state index contributed by atoms with van der Waals surface area (Å²) in [4.78, 5) is 0. The van der Waals surface area contributed by atoms with Gasteiger partial charge in [0, 0.05) is 43.1 Å². The molecule has 4 N–H and O–H groups in total. The summed E-state index contributed by atoms with van der Waals surface area (Å²) in [6, 6.07) is 5.50. The van der Waals surface area contributed by atoms with Gasteiger partial charge >= 0.3 is 0 Å². The first kappa shape index (κ1) is 14.0. The lowest BCUT2D eigenvalue weighted by atomic mass is 10.0. The van der Waals surface area contributed by atoms with Crippen LogP contribution in [0.2, 0.25) is 0 Å². The van der Waals surface area contributed by atoms with Crippen molar-refractivity contribution < 1.29 is 14.6 Å². The normalized spacial score (nSPS) is 22.7. The zero-order valence-electron chi connectivity index (χ0n) is 11.5. The van der Waals surface area contributed by atoms with Crippen LogP contribution in [-0.4, -0.2) is 36.6 Å². The first-order valence-corrected chi connectivity index (χ1v) is 6.58. The summed E-state index contributed by atoms with van der Waals surface area (Å²) in [5.41, 5.74) is 6.53. The third kappa shape index (κ3) is 4.01. The summed E-state index contributed by atoms with van der Waals surface area (Å²) in [6.45, 7) is 5.36. The Balaban J connectivity index is 2.01. The van der Waals surface area contributed by atoms with Gasteiger partial charge in [-0.25, -0.2) is 0 Å². The van der Waals surface area contributed by atoms with Crippen molar-refractivity contribution in [1.82, 2.24) is 0 Å². The van der Waals surface area contributed by atoms with Crippen LogP contribution in [0, 0.1) is 0 Å². The number of nitrogens with two attached hydrogens (primary N) is 1. The molecule has 0 radical (unpaired) electrons. The van der Waals surface area contributed by atoms with Crippen LogP contribution in [0.1, 0.15) is 20.3 Å². The fourth-order valence-corrected chi connectivity index (χ4v) is 2.07. The molecule has 0 spiro atoms. The molecule has 1 saturated heterocycles. The summed E-state index contributed by atoms with van der Waals surface area (Å²) in [5.74, 6) is 0.729. The Labute approximate surface area is 113 Å². The van der Waals surface area contributed by atoms with Crippen molar-refractivity contribution in [2.75, 3.05) is 30.8 Å². The minimum absolute atomic E-state index is 0.0991. The average molecular weight is 266 g/mol. The molecule has 1 aliphatic heterocycles. The lowest BCUT2D eigenvalue weighted by Crippen LogP contribution is -2.37. The fourth-order valence-electron chi connectivity index (χ4n) is 2.07. The first-order valence-electron chi connectivity index (χ1n) is 6.58. The van der Waals surface area contributed by atoms with Crippen molar-refractivity contribution in [3.05, 3.63) is 18.2 Å². The minimum Gasteiger partial charge on any atom is -0.491 e. The fraction of sp³-hybridized carbons (Fsp3) is 0.571. The van der Waals surface area contributed by atoms with E-state index in [0.717, 1.165) is 11.4 Å². The molecule has 1 atom stereocenters. The van der Waals surface area contributed by atoms with Gasteiger partial charge in [0.1, 0.15) is 11.4 Å². The van der Waals surface area contributed by atoms with Gasteiger partial charge in [-0.15, -0.1) is 0 Å². The van der Waals surface area contributed by atoms with Crippen molar-refractivity contribution in [3.8, 4) is 5.75 Å². The lowest BCUT2D eigenvalue weighted by molar-refractivity contribution is 0.0382. The van der Waals surface area contributed by atoms with E-state index in [1.54, 1.807) is 6.07 Å². The van der Waals surface area contributed by atoms with E-state index in [1.165, 1.54) is 0 Å². The predicted molar refractivity (Wildman–Crippen MR) is 75.5 cm³/mol. The molecule has 2 rings (SSSR count). The quantitative estimate of drug-likeness (QED) is 0.706. The largest absolute Gasteiger partial charge is 0.491 e. The van der Waals surface area contributed by atoms with Gasteiger partial charge in [-0.05, 0) is 19.9 Å². The second kappa shape index (κ2) is 5.67. The Hall–Kier alpha value is -1.46. The van der Waals surface area contributed by atoms with Crippen LogP contribution in [0.3, 0.4) is 0 Å². The average Bonchev–Trinajstić information content (AvgIpc) is 2.73. The van der Waals surface area contributed by atoms with Crippen molar-refractivity contribution in [2.45, 2.75) is 32.0 Å². The number of hydrogen-bond acceptors (Lipinski definition) is 5. The molecule has 1 fully saturated rings. The Morgan fingerprint density at radius 1 is 1.47 bits per heavy atom. The molecule has 0 aliphatic carbocycles. The number of hydrogen-bond donors (Lipinski definition) is 3. The molecule has 0 aromatic heterocycles. The number of benzene rings is 1. The van der Waals surface area contributed by atoms with E-state index in [0.29, 0.717) is 31.9 Å². The van der Waals surface area contributed by atoms with E-state index >= 15 is 0 Å². The van der Waals surface area contributed by atoms with Gasteiger partial charge in [0.05, 0.1) is 12.7 Å². The number of nitrogens with one attached hydrogen (secondary N) is 1. The summed E-state index contributed by atoms with van der Waals surface area (Å²) < 4.78 is 10.8. The van der Waals surface area contributed by atoms with Crippen molar-refractivity contribution in [1.29, 1.82) is 0 Å². The van der Waals surface area contributed by atoms with E-state index in [9.17, 15) is 5.11 Å². The van der Waals surface area contributed by atoms with Crippen LogP contribution in [0.4, 0.5) is 11.4 Å². The molecule has 19 heavy (non-hydrogen) atoms. The van der Waals surface area contributed by atoms with Gasteiger partial charge in [0.15, 0.2) is 0 Å². The summed E-state index contributed by atoms with van der Waals surface area (Å²) >= 11 is 0. The number of ether oxygens (including phenoxy) is 2. The molecule has 0 bridgehead atoms. The highest BCUT2D eigenvalue weighted by Gasteiger charge is 2.31. The van der Waals surface area contributed by atoms with E-state index in [-0.39, 0.29) is 6.10 Å². The van der Waals surface area contributed by atoms with Crippen LogP contribution >= 0.6 is 0 Å². The Morgan fingerprint density at radius 2 is 2.26 bits per heavy atom. The Bertz CT molecular complexity index is 429. The second-order valence-corrected chi connectivity index (χ2v) is 5.34. The Kier molecular flexibility index (Phi) is 4.17. The Morgan fingerprint density at radius 3 is 2.89 bits per heavy atom. The monoisotopic (exact) mass is 266 g/mol. The highest BCUT2D eigenvalue weighted by Crippen LogP contribution is 2.25. The van der Waals surface area contributed by atoms with Crippen LogP contribution in [-0.2, 0) is 4.74 Å². The van der Waals surface area contributed by atoms with Crippen LogP contribution in [0.25, 0.3) is 0 Å². The second-order valence-electron chi connectivity index (χ2n) is 5.34. The van der Waals surface area contributed by atoms with Gasteiger partial charge in [0.25, 0.3) is 0 Å². The molecule has 1 heterocycles. The number of anilines is 2. The van der Waals surface area contributed by atoms with E-state index in [4.69, 9.17) is 15.2 Å². The number of rotatable bonds is 5. The maximum Gasteiger partial charge on any atom is 0.123 e. The SMILES string of the molecule is CC(C)Oc1cc(N)cc(NCC2(O)CCOC2)c1. The van der Waals surface area contributed by atoms with Gasteiger partial charge in [0.2, 0.25) is 0 Å². The molecule has 1 aliphatic rings. The first-order chi connectivity index (χ1) is 8.97. The highest BCUT2D eigenvalue weighted by atomic mass is 16.5. The third-order valence-electron chi connectivity index (χ3n) is 3.00. The maximum absolute atomic E-state index is 10.2. The van der Waals surface area contributed by atoms with Crippen LogP contribution in [0.5, 0.6) is 5.75 Å². The zero-order chi connectivity index (χ0) is 13.9. The number of aliphatic hydroxyl groups is 1. The van der Waals surface area contributed by atoms with Crippen molar-refractivity contribution in [3.63, 3.8) is 0 Å². The highest BCUT2D eigenvalue weighted by molar-refractivity contribution is 5.59. The molecule has 1 unspecified atom stereocenters. The van der Waals surface area contributed by atoms with Gasteiger partial charge < -0.3 is 25.6 Å². The summed E-state index contributed by atoms with van der Waals surface area (Å²) in [7, 11) is 0. The molecular formula is C14H22N2O3. The number of nitrogen functional groups attached to an aromatic ring is 1. The minimum atomic E-state index is -0.788. The van der Waals surface area contributed by atoms with Gasteiger partial charge in [-0.2, -0.15) is 0 Å². The molecule has 5 nitrogen and oxygen atoms in total. The van der Waals surface area contributed by atoms with Crippen molar-refractivity contribution in [2.24, 2.45) is 0 Å². The van der Waals surface area contributed by atoms with Crippen molar-refractivity contribution >= 4 is 11.4 Å². The standard InChI is InChI=1S/C14H22N2O3/c1-10(2)19-13-6-11(15)5-12(7-13)16-8-14(17)3-4-18-9-14/h5-7,10,16-17H,3-4,8-9,15H2,1-2H3. The molecule has 0 amide bonds. The molecule has 1 aromatic carbocycles. The predicted octanol–water partition coefficient (Wildman–Crippen LogP) is 1.62. The van der Waals surface area contributed by atoms with Gasteiger partial charge in [-0.1, -0.05) is 0 Å². The zero-order valence-corrected chi connectivity index (χ0v) is 11.5. The van der Waals surface area contributed by atoms with Crippen LogP contribution in [0.15, 0.2) is 18.2 Å². The third-order valence-corrected chi connectivity index (χ3v) is 3.00. The molecule has 1 aromatic rings. The molecule has 106 valence electrons. The molecular weight excluding hydrogens is 244 g/mol. The van der Waals surface area contributed by atoms with E-state index in [2.05, 4.69) is 5.32 Å².